The highest BCUT2D eigenvalue weighted by Gasteiger charge is 2.20. The van der Waals surface area contributed by atoms with Gasteiger partial charge in [0.25, 0.3) is 0 Å². The van der Waals surface area contributed by atoms with Crippen LogP contribution in [0.3, 0.4) is 0 Å². The number of nitrogens with zero attached hydrogens (tertiary/aromatic N) is 4. The van der Waals surface area contributed by atoms with Gasteiger partial charge in [-0.1, -0.05) is 0 Å². The van der Waals surface area contributed by atoms with Crippen molar-refractivity contribution in [2.75, 3.05) is 43.8 Å². The molecule has 0 radical (unpaired) electrons. The van der Waals surface area contributed by atoms with E-state index in [0.717, 1.165) is 42.9 Å². The molecule has 1 aliphatic rings. The van der Waals surface area contributed by atoms with Crippen LogP contribution in [0.5, 0.6) is 5.75 Å². The SMILES string of the molecule is Oc1ccc2ncnc(N3CCN(CCP(O)O)CC3)c2c1. The minimum atomic E-state index is -1.81. The first-order valence-corrected chi connectivity index (χ1v) is 8.63. The van der Waals surface area contributed by atoms with Gasteiger partial charge < -0.3 is 19.8 Å². The summed E-state index contributed by atoms with van der Waals surface area (Å²) in [6, 6.07) is 5.11. The molecule has 3 N–H and O–H groups in total. The van der Waals surface area contributed by atoms with Crippen LogP contribution in [0, 0.1) is 0 Å². The molecule has 0 bridgehead atoms. The highest BCUT2D eigenvalue weighted by molar-refractivity contribution is 7.45. The Hall–Kier alpha value is -1.53. The summed E-state index contributed by atoms with van der Waals surface area (Å²) >= 11 is 0. The third-order valence-corrected chi connectivity index (χ3v) is 4.49. The second-order valence-corrected chi connectivity index (χ2v) is 6.52. The first-order valence-electron chi connectivity index (χ1n) is 7.20. The maximum Gasteiger partial charge on any atom is 0.166 e. The van der Waals surface area contributed by atoms with Crippen LogP contribution >= 0.6 is 8.38 Å². The third-order valence-electron chi connectivity index (χ3n) is 3.89. The molecule has 7 nitrogen and oxygen atoms in total. The quantitative estimate of drug-likeness (QED) is 0.715. The first kappa shape index (κ1) is 15.4. The Labute approximate surface area is 129 Å². The smallest absolute Gasteiger partial charge is 0.166 e. The highest BCUT2D eigenvalue weighted by Crippen LogP contribution is 2.27. The van der Waals surface area contributed by atoms with E-state index in [1.165, 1.54) is 0 Å². The largest absolute Gasteiger partial charge is 0.508 e. The fourth-order valence-corrected chi connectivity index (χ4v) is 3.16. The van der Waals surface area contributed by atoms with Gasteiger partial charge in [-0.3, -0.25) is 4.90 Å². The van der Waals surface area contributed by atoms with Crippen LogP contribution in [0.15, 0.2) is 24.5 Å². The van der Waals surface area contributed by atoms with Crippen molar-refractivity contribution in [2.24, 2.45) is 0 Å². The Kier molecular flexibility index (Phi) is 4.69. The van der Waals surface area contributed by atoms with Gasteiger partial charge in [-0.05, 0) is 18.2 Å². The average Bonchev–Trinajstić information content (AvgIpc) is 2.53. The summed E-state index contributed by atoms with van der Waals surface area (Å²) in [5.74, 6) is 1.05. The molecule has 1 aromatic heterocycles. The summed E-state index contributed by atoms with van der Waals surface area (Å²) < 4.78 is 0. The molecule has 2 heterocycles. The van der Waals surface area contributed by atoms with E-state index in [4.69, 9.17) is 9.79 Å². The molecule has 2 aromatic rings. The lowest BCUT2D eigenvalue weighted by atomic mass is 10.2. The van der Waals surface area contributed by atoms with E-state index < -0.39 is 8.38 Å². The minimum Gasteiger partial charge on any atom is -0.508 e. The number of anilines is 1. The van der Waals surface area contributed by atoms with Crippen molar-refractivity contribution in [3.63, 3.8) is 0 Å². The van der Waals surface area contributed by atoms with Gasteiger partial charge in [-0.2, -0.15) is 0 Å². The van der Waals surface area contributed by atoms with Crippen molar-refractivity contribution in [3.05, 3.63) is 24.5 Å². The fourth-order valence-electron chi connectivity index (χ4n) is 2.70. The molecule has 0 amide bonds. The van der Waals surface area contributed by atoms with Gasteiger partial charge in [0.15, 0.2) is 8.38 Å². The predicted octanol–water partition coefficient (Wildman–Crippen LogP) is 0.754. The van der Waals surface area contributed by atoms with Gasteiger partial charge in [0.1, 0.15) is 17.9 Å². The Morgan fingerprint density at radius 1 is 1.09 bits per heavy atom. The summed E-state index contributed by atoms with van der Waals surface area (Å²) in [5.41, 5.74) is 0.816. The number of hydrogen-bond acceptors (Lipinski definition) is 7. The Morgan fingerprint density at radius 3 is 2.59 bits per heavy atom. The van der Waals surface area contributed by atoms with E-state index in [1.807, 2.05) is 0 Å². The van der Waals surface area contributed by atoms with Gasteiger partial charge in [0.05, 0.1) is 5.52 Å². The van der Waals surface area contributed by atoms with E-state index in [2.05, 4.69) is 19.8 Å². The topological polar surface area (TPSA) is 93.0 Å². The van der Waals surface area contributed by atoms with E-state index in [-0.39, 0.29) is 5.75 Å². The summed E-state index contributed by atoms with van der Waals surface area (Å²) in [6.45, 7) is 4.05. The summed E-state index contributed by atoms with van der Waals surface area (Å²) in [7, 11) is -1.81. The van der Waals surface area contributed by atoms with Crippen molar-refractivity contribution >= 4 is 25.1 Å². The van der Waals surface area contributed by atoms with E-state index in [9.17, 15) is 5.11 Å². The van der Waals surface area contributed by atoms with Crippen LogP contribution in [-0.2, 0) is 0 Å². The molecule has 1 aliphatic heterocycles. The Morgan fingerprint density at radius 2 is 1.86 bits per heavy atom. The Bertz CT molecular complexity index is 647. The normalized spacial score (nSPS) is 16.6. The van der Waals surface area contributed by atoms with Gasteiger partial charge in [0, 0.05) is 44.3 Å². The van der Waals surface area contributed by atoms with Gasteiger partial charge >= 0.3 is 0 Å². The number of rotatable bonds is 4. The average molecular weight is 322 g/mol. The molecule has 1 saturated heterocycles. The Balaban J connectivity index is 1.72. The number of phenols is 1. The zero-order valence-corrected chi connectivity index (χ0v) is 13.0. The van der Waals surface area contributed by atoms with Crippen molar-refractivity contribution in [1.82, 2.24) is 14.9 Å². The second kappa shape index (κ2) is 6.71. The molecule has 118 valence electrons. The zero-order valence-electron chi connectivity index (χ0n) is 12.1. The number of hydrogen-bond donors (Lipinski definition) is 3. The second-order valence-electron chi connectivity index (χ2n) is 5.32. The number of phenolic OH excluding ortho intramolecular Hbond substituents is 1. The van der Waals surface area contributed by atoms with E-state index >= 15 is 0 Å². The zero-order chi connectivity index (χ0) is 15.5. The monoisotopic (exact) mass is 322 g/mol. The molecule has 0 spiro atoms. The van der Waals surface area contributed by atoms with Crippen molar-refractivity contribution in [1.29, 1.82) is 0 Å². The number of piperazine rings is 1. The van der Waals surface area contributed by atoms with Gasteiger partial charge in [-0.25, -0.2) is 9.97 Å². The van der Waals surface area contributed by atoms with Crippen molar-refractivity contribution in [3.8, 4) is 5.75 Å². The lowest BCUT2D eigenvalue weighted by Crippen LogP contribution is -2.47. The van der Waals surface area contributed by atoms with E-state index in [0.29, 0.717) is 12.7 Å². The minimum absolute atomic E-state index is 0.210. The molecule has 1 fully saturated rings. The standard InChI is InChI=1S/C14H19N4O3P/c19-11-1-2-13-12(9-11)14(16-10-15-13)18-5-3-17(4-6-18)7-8-22(20)21/h1-2,9-10,19-21H,3-8H2. The summed E-state index contributed by atoms with van der Waals surface area (Å²) in [5, 5.41) is 10.5. The van der Waals surface area contributed by atoms with Crippen LogP contribution in [0.2, 0.25) is 0 Å². The van der Waals surface area contributed by atoms with Gasteiger partial charge in [-0.15, -0.1) is 0 Å². The van der Waals surface area contributed by atoms with Crippen LogP contribution in [0.1, 0.15) is 0 Å². The number of benzene rings is 1. The molecular formula is C14H19N4O3P. The van der Waals surface area contributed by atoms with E-state index in [1.54, 1.807) is 24.5 Å². The third kappa shape index (κ3) is 3.44. The number of fused-ring (bicyclic) bond motifs is 1. The molecule has 8 heteroatoms. The van der Waals surface area contributed by atoms with Crippen molar-refractivity contribution in [2.45, 2.75) is 0 Å². The number of aromatic hydroxyl groups is 1. The maximum atomic E-state index is 9.69. The number of aromatic nitrogens is 2. The van der Waals surface area contributed by atoms with Crippen LogP contribution in [0.4, 0.5) is 5.82 Å². The summed E-state index contributed by atoms with van der Waals surface area (Å²) in [4.78, 5) is 31.0. The molecule has 0 unspecified atom stereocenters. The fraction of sp³-hybridized carbons (Fsp3) is 0.429. The molecule has 22 heavy (non-hydrogen) atoms. The molecular weight excluding hydrogens is 303 g/mol. The van der Waals surface area contributed by atoms with Crippen LogP contribution in [0.25, 0.3) is 10.9 Å². The lowest BCUT2D eigenvalue weighted by Gasteiger charge is -2.35. The lowest BCUT2D eigenvalue weighted by molar-refractivity contribution is 0.269. The maximum absolute atomic E-state index is 9.69. The molecule has 0 saturated carbocycles. The molecule has 3 rings (SSSR count). The highest BCUT2D eigenvalue weighted by atomic mass is 31.2. The van der Waals surface area contributed by atoms with Gasteiger partial charge in [0.2, 0.25) is 0 Å². The van der Waals surface area contributed by atoms with Crippen LogP contribution < -0.4 is 4.90 Å². The molecule has 0 atom stereocenters. The molecule has 0 aliphatic carbocycles. The summed E-state index contributed by atoms with van der Waals surface area (Å²) in [6.07, 6.45) is 1.98. The van der Waals surface area contributed by atoms with Crippen LogP contribution in [-0.4, -0.2) is 68.6 Å². The first-order chi connectivity index (χ1) is 10.6. The molecule has 1 aromatic carbocycles. The van der Waals surface area contributed by atoms with Crippen molar-refractivity contribution < 1.29 is 14.9 Å². The predicted molar refractivity (Wildman–Crippen MR) is 86.1 cm³/mol.